The van der Waals surface area contributed by atoms with E-state index in [9.17, 15) is 5.26 Å². The molecule has 4 rings (SSSR count). The highest BCUT2D eigenvalue weighted by Gasteiger charge is 2.23. The zero-order valence-corrected chi connectivity index (χ0v) is 19.0. The lowest BCUT2D eigenvalue weighted by Crippen LogP contribution is -2.26. The second kappa shape index (κ2) is 7.79. The minimum atomic E-state index is 0.150. The van der Waals surface area contributed by atoms with Crippen molar-refractivity contribution in [1.29, 1.82) is 5.26 Å². The van der Waals surface area contributed by atoms with Crippen LogP contribution in [0, 0.1) is 44.9 Å². The largest absolute Gasteiger partial charge is 0.356 e. The van der Waals surface area contributed by atoms with Crippen LogP contribution < -0.4 is 4.90 Å². The van der Waals surface area contributed by atoms with Crippen LogP contribution in [0.2, 0.25) is 0 Å². The van der Waals surface area contributed by atoms with Crippen molar-refractivity contribution in [2.75, 3.05) is 18.0 Å². The molecule has 0 aliphatic carbocycles. The lowest BCUT2D eigenvalue weighted by molar-refractivity contribution is 0.590. The number of aromatic nitrogens is 3. The van der Waals surface area contributed by atoms with E-state index in [0.717, 1.165) is 59.5 Å². The Balaban J connectivity index is 1.89. The van der Waals surface area contributed by atoms with Gasteiger partial charge in [-0.3, -0.25) is 0 Å². The first-order valence-electron chi connectivity index (χ1n) is 10.2. The molecular weight excluding hydrogens is 426 g/mol. The first kappa shape index (κ1) is 19.9. The minimum Gasteiger partial charge on any atom is -0.356 e. The molecule has 150 valence electrons. The summed E-state index contributed by atoms with van der Waals surface area (Å²) in [4.78, 5) is 12.1. The molecule has 1 atom stereocenters. The summed E-state index contributed by atoms with van der Waals surface area (Å²) in [7, 11) is 0. The molecule has 2 aromatic heterocycles. The molecule has 1 unspecified atom stereocenters. The zero-order chi connectivity index (χ0) is 20.7. The third kappa shape index (κ3) is 3.64. The Bertz CT molecular complexity index is 1100. The van der Waals surface area contributed by atoms with Crippen molar-refractivity contribution in [3.63, 3.8) is 0 Å². The molecule has 1 aliphatic rings. The van der Waals surface area contributed by atoms with E-state index in [-0.39, 0.29) is 5.92 Å². The monoisotopic (exact) mass is 451 g/mol. The van der Waals surface area contributed by atoms with Crippen LogP contribution in [0.15, 0.2) is 22.8 Å². The molecule has 0 amide bonds. The lowest BCUT2D eigenvalue weighted by Gasteiger charge is -2.23. The van der Waals surface area contributed by atoms with Crippen LogP contribution in [-0.4, -0.2) is 27.6 Å². The van der Waals surface area contributed by atoms with E-state index < -0.39 is 0 Å². The highest BCUT2D eigenvalue weighted by atomic mass is 79.9. The van der Waals surface area contributed by atoms with Crippen LogP contribution in [0.3, 0.4) is 0 Å². The van der Waals surface area contributed by atoms with Gasteiger partial charge in [-0.2, -0.15) is 5.26 Å². The molecule has 0 spiro atoms. The van der Waals surface area contributed by atoms with Gasteiger partial charge in [-0.15, -0.1) is 0 Å². The van der Waals surface area contributed by atoms with Gasteiger partial charge < -0.3 is 9.47 Å². The average molecular weight is 452 g/mol. The number of nitrogens with zero attached hydrogens (tertiary/aromatic N) is 5. The van der Waals surface area contributed by atoms with E-state index >= 15 is 0 Å². The standard InChI is InChI=1S/C23H26BrN5/c1-14-10-19(24)11-15(2)21(14)29-13-16(3)20-22(26-17(4)27-23(20)29)28-8-5-6-18(12-25)7-9-28/h10-11,13,18H,5-9H2,1-4H3. The molecule has 0 saturated carbocycles. The summed E-state index contributed by atoms with van der Waals surface area (Å²) in [5, 5.41) is 10.5. The maximum Gasteiger partial charge on any atom is 0.150 e. The maximum absolute atomic E-state index is 9.33. The number of hydrogen-bond donors (Lipinski definition) is 0. The predicted octanol–water partition coefficient (Wildman–Crippen LogP) is 5.55. The second-order valence-electron chi connectivity index (χ2n) is 8.11. The summed E-state index contributed by atoms with van der Waals surface area (Å²) in [6.45, 7) is 10.2. The number of nitriles is 1. The Morgan fingerprint density at radius 2 is 1.76 bits per heavy atom. The molecule has 1 saturated heterocycles. The Morgan fingerprint density at radius 1 is 1.03 bits per heavy atom. The zero-order valence-electron chi connectivity index (χ0n) is 17.5. The molecule has 3 heterocycles. The van der Waals surface area contributed by atoms with Crippen LogP contribution in [0.4, 0.5) is 5.82 Å². The third-order valence-corrected chi connectivity index (χ3v) is 6.29. The van der Waals surface area contributed by atoms with Crippen molar-refractivity contribution in [1.82, 2.24) is 14.5 Å². The van der Waals surface area contributed by atoms with Gasteiger partial charge in [0.15, 0.2) is 5.65 Å². The SMILES string of the molecule is Cc1nc(N2CCCC(C#N)CC2)c2c(C)cn(-c3c(C)cc(Br)cc3C)c2n1. The normalized spacial score (nSPS) is 17.4. The predicted molar refractivity (Wildman–Crippen MR) is 121 cm³/mol. The number of halogens is 1. The Morgan fingerprint density at radius 3 is 2.45 bits per heavy atom. The van der Waals surface area contributed by atoms with E-state index in [1.165, 1.54) is 22.4 Å². The second-order valence-corrected chi connectivity index (χ2v) is 9.02. The van der Waals surface area contributed by atoms with Crippen molar-refractivity contribution in [3.05, 3.63) is 45.3 Å². The molecule has 1 aromatic carbocycles. The molecule has 3 aromatic rings. The molecule has 1 aliphatic heterocycles. The van der Waals surface area contributed by atoms with Crippen molar-refractivity contribution in [2.24, 2.45) is 5.92 Å². The lowest BCUT2D eigenvalue weighted by atomic mass is 10.0. The van der Waals surface area contributed by atoms with E-state index in [4.69, 9.17) is 9.97 Å². The fourth-order valence-corrected chi connectivity index (χ4v) is 5.20. The van der Waals surface area contributed by atoms with Gasteiger partial charge >= 0.3 is 0 Å². The summed E-state index contributed by atoms with van der Waals surface area (Å²) < 4.78 is 3.31. The maximum atomic E-state index is 9.33. The van der Waals surface area contributed by atoms with Gasteiger partial charge in [0, 0.05) is 29.7 Å². The summed E-state index contributed by atoms with van der Waals surface area (Å²) in [5.74, 6) is 1.94. The van der Waals surface area contributed by atoms with Crippen LogP contribution in [0.1, 0.15) is 41.8 Å². The summed E-state index contributed by atoms with van der Waals surface area (Å²) in [5.41, 5.74) is 5.73. The molecule has 1 fully saturated rings. The van der Waals surface area contributed by atoms with Crippen molar-refractivity contribution in [2.45, 2.75) is 47.0 Å². The van der Waals surface area contributed by atoms with Crippen LogP contribution in [0.25, 0.3) is 16.7 Å². The third-order valence-electron chi connectivity index (χ3n) is 5.83. The number of hydrogen-bond acceptors (Lipinski definition) is 4. The molecular formula is C23H26BrN5. The number of rotatable bonds is 2. The number of aryl methyl sites for hydroxylation is 4. The summed E-state index contributed by atoms with van der Waals surface area (Å²) >= 11 is 3.60. The van der Waals surface area contributed by atoms with Gasteiger partial charge in [-0.25, -0.2) is 9.97 Å². The molecule has 0 radical (unpaired) electrons. The Hall–Kier alpha value is -2.39. The smallest absolute Gasteiger partial charge is 0.150 e. The number of fused-ring (bicyclic) bond motifs is 1. The topological polar surface area (TPSA) is 57.7 Å². The van der Waals surface area contributed by atoms with Gasteiger partial charge in [0.2, 0.25) is 0 Å². The van der Waals surface area contributed by atoms with E-state index in [2.05, 4.69) is 70.6 Å². The summed E-state index contributed by atoms with van der Waals surface area (Å²) in [6.07, 6.45) is 5.07. The van der Waals surface area contributed by atoms with Crippen molar-refractivity contribution in [3.8, 4) is 11.8 Å². The highest BCUT2D eigenvalue weighted by Crippen LogP contribution is 2.34. The average Bonchev–Trinajstić information content (AvgIpc) is 2.84. The molecule has 0 N–H and O–H groups in total. The van der Waals surface area contributed by atoms with Gasteiger partial charge in [0.25, 0.3) is 0 Å². The Kier molecular flexibility index (Phi) is 5.35. The number of anilines is 1. The molecule has 0 bridgehead atoms. The first-order valence-corrected chi connectivity index (χ1v) is 11.0. The van der Waals surface area contributed by atoms with Gasteiger partial charge in [-0.1, -0.05) is 15.9 Å². The first-order chi connectivity index (χ1) is 13.9. The number of benzene rings is 1. The van der Waals surface area contributed by atoms with Gasteiger partial charge in [0.05, 0.1) is 17.1 Å². The summed E-state index contributed by atoms with van der Waals surface area (Å²) in [6, 6.07) is 6.75. The fraction of sp³-hybridized carbons (Fsp3) is 0.435. The molecule has 5 nitrogen and oxygen atoms in total. The van der Waals surface area contributed by atoms with Gasteiger partial charge in [-0.05, 0) is 75.8 Å². The highest BCUT2D eigenvalue weighted by molar-refractivity contribution is 9.10. The van der Waals surface area contributed by atoms with Crippen molar-refractivity contribution >= 4 is 32.8 Å². The molecule has 6 heteroatoms. The van der Waals surface area contributed by atoms with Gasteiger partial charge in [0.1, 0.15) is 11.6 Å². The van der Waals surface area contributed by atoms with Crippen molar-refractivity contribution < 1.29 is 0 Å². The minimum absolute atomic E-state index is 0.150. The van der Waals surface area contributed by atoms with Crippen LogP contribution >= 0.6 is 15.9 Å². The molecule has 29 heavy (non-hydrogen) atoms. The van der Waals surface area contributed by atoms with E-state index in [1.54, 1.807) is 0 Å². The Labute approximate surface area is 180 Å². The van der Waals surface area contributed by atoms with Crippen LogP contribution in [0.5, 0.6) is 0 Å². The van der Waals surface area contributed by atoms with Crippen LogP contribution in [-0.2, 0) is 0 Å². The van der Waals surface area contributed by atoms with E-state index in [1.807, 2.05) is 6.92 Å². The fourth-order valence-electron chi connectivity index (χ4n) is 4.51. The van der Waals surface area contributed by atoms with E-state index in [0.29, 0.717) is 0 Å². The quantitative estimate of drug-likeness (QED) is 0.512.